The quantitative estimate of drug-likeness (QED) is 0.867. The summed E-state index contributed by atoms with van der Waals surface area (Å²) in [7, 11) is 0. The molecule has 3 heterocycles. The Hall–Kier alpha value is -2.22. The number of carbonyl (C=O) groups excluding carboxylic acids is 1. The number of ether oxygens (including phenoxy) is 1. The standard InChI is InChI=1S/C19H25N5O3/c25-19(17-14-3-1-2-4-15(14)21-22-17)24-9-7-13(8-10-24)26-11-16-20-18(23-27-16)12-5-6-12/h12-13H,1-11H2,(H,21,22). The van der Waals surface area contributed by atoms with Crippen LogP contribution in [0.4, 0.5) is 0 Å². The van der Waals surface area contributed by atoms with Gasteiger partial charge in [0.1, 0.15) is 6.61 Å². The van der Waals surface area contributed by atoms with Crippen LogP contribution < -0.4 is 0 Å². The van der Waals surface area contributed by atoms with E-state index < -0.39 is 0 Å². The molecule has 5 rings (SSSR count). The molecule has 2 aliphatic carbocycles. The van der Waals surface area contributed by atoms with E-state index in [-0.39, 0.29) is 12.0 Å². The Balaban J connectivity index is 1.13. The van der Waals surface area contributed by atoms with Crippen LogP contribution in [0, 0.1) is 0 Å². The summed E-state index contributed by atoms with van der Waals surface area (Å²) in [6, 6.07) is 0. The number of nitrogens with one attached hydrogen (secondary N) is 1. The highest BCUT2D eigenvalue weighted by atomic mass is 16.5. The fraction of sp³-hybridized carbons (Fsp3) is 0.684. The van der Waals surface area contributed by atoms with Crippen molar-refractivity contribution in [2.24, 2.45) is 0 Å². The number of hydrogen-bond donors (Lipinski definition) is 1. The number of aromatic amines is 1. The van der Waals surface area contributed by atoms with E-state index in [4.69, 9.17) is 9.26 Å². The molecule has 1 amide bonds. The molecule has 0 unspecified atom stereocenters. The third-order valence-corrected chi connectivity index (χ3v) is 5.86. The maximum absolute atomic E-state index is 12.9. The molecule has 8 heteroatoms. The summed E-state index contributed by atoms with van der Waals surface area (Å²) in [5.74, 6) is 1.92. The lowest BCUT2D eigenvalue weighted by molar-refractivity contribution is -0.00990. The average molecular weight is 371 g/mol. The summed E-state index contributed by atoms with van der Waals surface area (Å²) < 4.78 is 11.2. The van der Waals surface area contributed by atoms with E-state index in [1.165, 1.54) is 6.42 Å². The van der Waals surface area contributed by atoms with E-state index in [9.17, 15) is 4.79 Å². The largest absolute Gasteiger partial charge is 0.368 e. The Bertz CT molecular complexity index is 817. The van der Waals surface area contributed by atoms with Gasteiger partial charge in [-0.3, -0.25) is 9.89 Å². The molecule has 0 aromatic carbocycles. The van der Waals surface area contributed by atoms with Gasteiger partial charge < -0.3 is 14.2 Å². The normalized spacial score (nSPS) is 20.7. The van der Waals surface area contributed by atoms with Gasteiger partial charge in [0.2, 0.25) is 0 Å². The number of likely N-dealkylation sites (tertiary alicyclic amines) is 1. The molecule has 1 saturated heterocycles. The number of fused-ring (bicyclic) bond motifs is 1. The van der Waals surface area contributed by atoms with Gasteiger partial charge in [-0.25, -0.2) is 0 Å². The zero-order chi connectivity index (χ0) is 18.2. The van der Waals surface area contributed by atoms with Gasteiger partial charge in [-0.2, -0.15) is 10.1 Å². The molecule has 0 bridgehead atoms. The van der Waals surface area contributed by atoms with Crippen LogP contribution in [-0.2, 0) is 24.2 Å². The highest BCUT2D eigenvalue weighted by Crippen LogP contribution is 2.38. The van der Waals surface area contributed by atoms with Gasteiger partial charge in [-0.05, 0) is 51.4 Å². The number of piperidine rings is 1. The fourth-order valence-electron chi connectivity index (χ4n) is 4.06. The molecule has 1 N–H and O–H groups in total. The molecular weight excluding hydrogens is 346 g/mol. The van der Waals surface area contributed by atoms with Crippen molar-refractivity contribution in [2.45, 2.75) is 70.0 Å². The molecule has 3 aliphatic rings. The number of aryl methyl sites for hydroxylation is 1. The third kappa shape index (κ3) is 3.50. The van der Waals surface area contributed by atoms with Crippen LogP contribution in [0.25, 0.3) is 0 Å². The van der Waals surface area contributed by atoms with Crippen molar-refractivity contribution < 1.29 is 14.1 Å². The van der Waals surface area contributed by atoms with Crippen molar-refractivity contribution >= 4 is 5.91 Å². The maximum Gasteiger partial charge on any atom is 0.274 e. The van der Waals surface area contributed by atoms with E-state index in [0.29, 0.717) is 37.2 Å². The summed E-state index contributed by atoms with van der Waals surface area (Å²) >= 11 is 0. The van der Waals surface area contributed by atoms with Crippen molar-refractivity contribution in [3.8, 4) is 0 Å². The van der Waals surface area contributed by atoms with Crippen LogP contribution in [0.2, 0.25) is 0 Å². The summed E-state index contributed by atoms with van der Waals surface area (Å²) in [6.07, 6.45) is 8.36. The Morgan fingerprint density at radius 1 is 1.19 bits per heavy atom. The lowest BCUT2D eigenvalue weighted by Crippen LogP contribution is -2.41. The monoisotopic (exact) mass is 371 g/mol. The number of carbonyl (C=O) groups is 1. The number of H-pyrrole nitrogens is 1. The lowest BCUT2D eigenvalue weighted by atomic mass is 9.95. The molecule has 0 spiro atoms. The average Bonchev–Trinajstić information content (AvgIpc) is 3.30. The van der Waals surface area contributed by atoms with E-state index in [1.807, 2.05) is 4.90 Å². The topological polar surface area (TPSA) is 97.1 Å². The second-order valence-electron chi connectivity index (χ2n) is 7.86. The zero-order valence-corrected chi connectivity index (χ0v) is 15.4. The first-order valence-electron chi connectivity index (χ1n) is 10.1. The molecular formula is C19H25N5O3. The van der Waals surface area contributed by atoms with Crippen LogP contribution in [0.15, 0.2) is 4.52 Å². The second-order valence-corrected chi connectivity index (χ2v) is 7.86. The Kier molecular flexibility index (Phi) is 4.43. The van der Waals surface area contributed by atoms with Gasteiger partial charge in [0, 0.05) is 30.3 Å². The molecule has 1 aliphatic heterocycles. The molecule has 27 heavy (non-hydrogen) atoms. The Morgan fingerprint density at radius 3 is 2.81 bits per heavy atom. The second kappa shape index (κ2) is 7.07. The Morgan fingerprint density at radius 2 is 2.00 bits per heavy atom. The molecule has 144 valence electrons. The first kappa shape index (κ1) is 16.9. The van der Waals surface area contributed by atoms with Gasteiger partial charge in [-0.15, -0.1) is 0 Å². The number of hydrogen-bond acceptors (Lipinski definition) is 6. The third-order valence-electron chi connectivity index (χ3n) is 5.86. The number of aromatic nitrogens is 4. The molecule has 0 atom stereocenters. The molecule has 2 aromatic heterocycles. The predicted octanol–water partition coefficient (Wildman–Crippen LogP) is 2.37. The first-order valence-corrected chi connectivity index (χ1v) is 10.1. The van der Waals surface area contributed by atoms with Gasteiger partial charge in [-0.1, -0.05) is 5.16 Å². The van der Waals surface area contributed by atoms with E-state index in [0.717, 1.165) is 62.0 Å². The fourth-order valence-corrected chi connectivity index (χ4v) is 4.06. The number of nitrogens with zero attached hydrogens (tertiary/aromatic N) is 4. The molecule has 1 saturated carbocycles. The van der Waals surface area contributed by atoms with Crippen molar-refractivity contribution in [1.82, 2.24) is 25.2 Å². The summed E-state index contributed by atoms with van der Waals surface area (Å²) in [4.78, 5) is 19.2. The highest BCUT2D eigenvalue weighted by molar-refractivity contribution is 5.94. The molecule has 2 aromatic rings. The maximum atomic E-state index is 12.9. The summed E-state index contributed by atoms with van der Waals surface area (Å²) in [6.45, 7) is 1.75. The van der Waals surface area contributed by atoms with Gasteiger partial charge in [0.15, 0.2) is 11.5 Å². The molecule has 0 radical (unpaired) electrons. The van der Waals surface area contributed by atoms with Gasteiger partial charge in [0.05, 0.1) is 6.10 Å². The van der Waals surface area contributed by atoms with Crippen LogP contribution >= 0.6 is 0 Å². The van der Waals surface area contributed by atoms with Crippen molar-refractivity contribution in [3.05, 3.63) is 28.7 Å². The van der Waals surface area contributed by atoms with Gasteiger partial charge in [0.25, 0.3) is 11.8 Å². The van der Waals surface area contributed by atoms with Crippen LogP contribution in [-0.4, -0.2) is 50.3 Å². The smallest absolute Gasteiger partial charge is 0.274 e. The first-order chi connectivity index (χ1) is 13.3. The number of rotatable bonds is 5. The summed E-state index contributed by atoms with van der Waals surface area (Å²) in [5, 5.41) is 11.4. The minimum Gasteiger partial charge on any atom is -0.368 e. The van der Waals surface area contributed by atoms with Crippen molar-refractivity contribution in [1.29, 1.82) is 0 Å². The number of amides is 1. The van der Waals surface area contributed by atoms with E-state index in [1.54, 1.807) is 0 Å². The van der Waals surface area contributed by atoms with Gasteiger partial charge >= 0.3 is 0 Å². The molecule has 2 fully saturated rings. The van der Waals surface area contributed by atoms with Crippen LogP contribution in [0.3, 0.4) is 0 Å². The lowest BCUT2D eigenvalue weighted by Gasteiger charge is -2.31. The Labute approximate surface area is 157 Å². The zero-order valence-electron chi connectivity index (χ0n) is 15.4. The van der Waals surface area contributed by atoms with E-state index in [2.05, 4.69) is 20.3 Å². The molecule has 8 nitrogen and oxygen atoms in total. The minimum atomic E-state index is 0.0545. The van der Waals surface area contributed by atoms with Crippen LogP contribution in [0.1, 0.15) is 77.9 Å². The minimum absolute atomic E-state index is 0.0545. The predicted molar refractivity (Wildman–Crippen MR) is 95.2 cm³/mol. The van der Waals surface area contributed by atoms with Crippen molar-refractivity contribution in [2.75, 3.05) is 13.1 Å². The van der Waals surface area contributed by atoms with Crippen molar-refractivity contribution in [3.63, 3.8) is 0 Å². The SMILES string of the molecule is O=C(c1n[nH]c2c1CCCC2)N1CCC(OCc2nc(C3CC3)no2)CC1. The van der Waals surface area contributed by atoms with E-state index >= 15 is 0 Å². The summed E-state index contributed by atoms with van der Waals surface area (Å²) in [5.41, 5.74) is 2.91. The highest BCUT2D eigenvalue weighted by Gasteiger charge is 2.30. The van der Waals surface area contributed by atoms with Crippen LogP contribution in [0.5, 0.6) is 0 Å².